The molecular formula is C23H33N3O2. The zero-order valence-electron chi connectivity index (χ0n) is 16.8. The van der Waals surface area contributed by atoms with Gasteiger partial charge in [-0.2, -0.15) is 0 Å². The predicted octanol–water partition coefficient (Wildman–Crippen LogP) is 2.86. The first-order valence-corrected chi connectivity index (χ1v) is 11.0. The monoisotopic (exact) mass is 383 g/mol. The van der Waals surface area contributed by atoms with Crippen molar-refractivity contribution in [1.29, 1.82) is 0 Å². The standard InChI is InChI=1S/C23H33N3O2/c24-20(15-17-7-2-1-3-8-17)22(27)26-13-6-11-21(26)23(28)25-14-12-18-9-4-5-10-19(18)16-25/h4-5,9-10,17,20-21H,1-3,6-8,11-16,24H2/t20-,21-/m0/s1. The van der Waals surface area contributed by atoms with Gasteiger partial charge in [-0.3, -0.25) is 9.59 Å². The average molecular weight is 384 g/mol. The molecule has 2 atom stereocenters. The fourth-order valence-corrected chi connectivity index (χ4v) is 5.28. The molecule has 5 heteroatoms. The zero-order valence-corrected chi connectivity index (χ0v) is 16.8. The van der Waals surface area contributed by atoms with Gasteiger partial charge in [-0.05, 0) is 42.7 Å². The van der Waals surface area contributed by atoms with E-state index in [2.05, 4.69) is 18.2 Å². The number of hydrogen-bond donors (Lipinski definition) is 1. The molecule has 5 nitrogen and oxygen atoms in total. The first-order chi connectivity index (χ1) is 13.6. The van der Waals surface area contributed by atoms with Gasteiger partial charge in [0.2, 0.25) is 11.8 Å². The highest BCUT2D eigenvalue weighted by molar-refractivity contribution is 5.90. The third-order valence-electron chi connectivity index (χ3n) is 6.89. The van der Waals surface area contributed by atoms with Gasteiger partial charge in [0.05, 0.1) is 6.04 Å². The summed E-state index contributed by atoms with van der Waals surface area (Å²) in [6.45, 7) is 2.06. The predicted molar refractivity (Wildman–Crippen MR) is 109 cm³/mol. The number of benzene rings is 1. The molecule has 28 heavy (non-hydrogen) atoms. The summed E-state index contributed by atoms with van der Waals surface area (Å²) in [5, 5.41) is 0. The van der Waals surface area contributed by atoms with Crippen molar-refractivity contribution in [2.24, 2.45) is 11.7 Å². The third kappa shape index (κ3) is 4.09. The number of carbonyl (C=O) groups is 2. The number of nitrogens with two attached hydrogens (primary N) is 1. The van der Waals surface area contributed by atoms with Gasteiger partial charge in [0, 0.05) is 19.6 Å². The van der Waals surface area contributed by atoms with Crippen molar-refractivity contribution in [2.45, 2.75) is 76.4 Å². The normalized spacial score (nSPS) is 24.1. The van der Waals surface area contributed by atoms with E-state index in [0.29, 0.717) is 19.0 Å². The van der Waals surface area contributed by atoms with Crippen LogP contribution in [0.2, 0.25) is 0 Å². The van der Waals surface area contributed by atoms with Crippen molar-refractivity contribution in [3.63, 3.8) is 0 Å². The Morgan fingerprint density at radius 3 is 2.54 bits per heavy atom. The van der Waals surface area contributed by atoms with Gasteiger partial charge >= 0.3 is 0 Å². The summed E-state index contributed by atoms with van der Waals surface area (Å²) >= 11 is 0. The average Bonchev–Trinajstić information content (AvgIpc) is 3.22. The maximum atomic E-state index is 13.2. The molecule has 0 unspecified atom stereocenters. The quantitative estimate of drug-likeness (QED) is 0.869. The molecule has 2 heterocycles. The maximum absolute atomic E-state index is 13.2. The number of hydrogen-bond acceptors (Lipinski definition) is 3. The van der Waals surface area contributed by atoms with E-state index in [0.717, 1.165) is 32.2 Å². The van der Waals surface area contributed by atoms with E-state index < -0.39 is 6.04 Å². The SMILES string of the molecule is N[C@@H](CC1CCCCC1)C(=O)N1CCC[C@H]1C(=O)N1CCc2ccccc2C1. The van der Waals surface area contributed by atoms with Crippen molar-refractivity contribution >= 4 is 11.8 Å². The van der Waals surface area contributed by atoms with Crippen LogP contribution in [0.5, 0.6) is 0 Å². The van der Waals surface area contributed by atoms with E-state index in [1.165, 1.54) is 43.2 Å². The van der Waals surface area contributed by atoms with Crippen LogP contribution in [0.4, 0.5) is 0 Å². The zero-order chi connectivity index (χ0) is 19.5. The van der Waals surface area contributed by atoms with Crippen molar-refractivity contribution in [2.75, 3.05) is 13.1 Å². The minimum absolute atomic E-state index is 0.0150. The molecule has 0 bridgehead atoms. The number of amides is 2. The molecule has 1 saturated carbocycles. The fraction of sp³-hybridized carbons (Fsp3) is 0.652. The van der Waals surface area contributed by atoms with E-state index in [1.807, 2.05) is 11.0 Å². The molecular weight excluding hydrogens is 350 g/mol. The summed E-state index contributed by atoms with van der Waals surface area (Å²) in [5.74, 6) is 0.659. The summed E-state index contributed by atoms with van der Waals surface area (Å²) in [4.78, 5) is 30.0. The molecule has 2 fully saturated rings. The Morgan fingerprint density at radius 1 is 1.00 bits per heavy atom. The molecule has 1 aliphatic carbocycles. The van der Waals surface area contributed by atoms with Crippen LogP contribution in [-0.4, -0.2) is 46.8 Å². The van der Waals surface area contributed by atoms with E-state index in [-0.39, 0.29) is 17.9 Å². The molecule has 1 aromatic carbocycles. The highest BCUT2D eigenvalue weighted by atomic mass is 16.2. The molecule has 3 aliphatic rings. The molecule has 0 aromatic heterocycles. The van der Waals surface area contributed by atoms with Crippen molar-refractivity contribution in [3.8, 4) is 0 Å². The fourth-order valence-electron chi connectivity index (χ4n) is 5.28. The van der Waals surface area contributed by atoms with Crippen molar-refractivity contribution in [3.05, 3.63) is 35.4 Å². The third-order valence-corrected chi connectivity index (χ3v) is 6.89. The molecule has 2 amide bonds. The molecule has 2 aliphatic heterocycles. The van der Waals surface area contributed by atoms with E-state index >= 15 is 0 Å². The van der Waals surface area contributed by atoms with Crippen molar-refractivity contribution < 1.29 is 9.59 Å². The van der Waals surface area contributed by atoms with E-state index in [9.17, 15) is 9.59 Å². The lowest BCUT2D eigenvalue weighted by molar-refractivity contribution is -0.145. The van der Waals surface area contributed by atoms with Gasteiger partial charge in [-0.15, -0.1) is 0 Å². The molecule has 0 spiro atoms. The summed E-state index contributed by atoms with van der Waals surface area (Å²) in [7, 11) is 0. The van der Waals surface area contributed by atoms with Gasteiger partial charge in [0.1, 0.15) is 6.04 Å². The first kappa shape index (κ1) is 19.4. The first-order valence-electron chi connectivity index (χ1n) is 11.0. The van der Waals surface area contributed by atoms with Crippen LogP contribution in [-0.2, 0) is 22.6 Å². The minimum atomic E-state index is -0.460. The van der Waals surface area contributed by atoms with Crippen LogP contribution < -0.4 is 5.73 Å². The van der Waals surface area contributed by atoms with Crippen molar-refractivity contribution in [1.82, 2.24) is 9.80 Å². The Bertz CT molecular complexity index is 714. The summed E-state index contributed by atoms with van der Waals surface area (Å²) < 4.78 is 0. The molecule has 152 valence electrons. The Hall–Kier alpha value is -1.88. The number of rotatable bonds is 4. The summed E-state index contributed by atoms with van der Waals surface area (Å²) in [6.07, 6.45) is 9.52. The second-order valence-corrected chi connectivity index (χ2v) is 8.81. The molecule has 0 radical (unpaired) electrons. The minimum Gasteiger partial charge on any atom is -0.336 e. The molecule has 1 aromatic rings. The highest BCUT2D eigenvalue weighted by Crippen LogP contribution is 2.29. The van der Waals surface area contributed by atoms with Crippen LogP contribution in [0, 0.1) is 5.92 Å². The lowest BCUT2D eigenvalue weighted by Crippen LogP contribution is -2.53. The number of carbonyl (C=O) groups excluding carboxylic acids is 2. The second kappa shape index (κ2) is 8.64. The van der Waals surface area contributed by atoms with Crippen LogP contribution in [0.25, 0.3) is 0 Å². The Labute approximate surface area is 168 Å². The molecule has 4 rings (SSSR count). The van der Waals surface area contributed by atoms with Gasteiger partial charge in [0.15, 0.2) is 0 Å². The lowest BCUT2D eigenvalue weighted by atomic mass is 9.84. The Morgan fingerprint density at radius 2 is 1.75 bits per heavy atom. The topological polar surface area (TPSA) is 66.6 Å². The van der Waals surface area contributed by atoms with Gasteiger partial charge in [-0.1, -0.05) is 56.4 Å². The van der Waals surface area contributed by atoms with Crippen LogP contribution in [0.1, 0.15) is 62.5 Å². The smallest absolute Gasteiger partial charge is 0.245 e. The molecule has 2 N–H and O–H groups in total. The molecule has 1 saturated heterocycles. The Kier molecular flexibility index (Phi) is 6.00. The van der Waals surface area contributed by atoms with Gasteiger partial charge < -0.3 is 15.5 Å². The van der Waals surface area contributed by atoms with E-state index in [1.54, 1.807) is 4.90 Å². The highest BCUT2D eigenvalue weighted by Gasteiger charge is 2.39. The van der Waals surface area contributed by atoms with Crippen LogP contribution >= 0.6 is 0 Å². The van der Waals surface area contributed by atoms with Crippen LogP contribution in [0.15, 0.2) is 24.3 Å². The van der Waals surface area contributed by atoms with E-state index in [4.69, 9.17) is 5.73 Å². The van der Waals surface area contributed by atoms with Gasteiger partial charge in [0.25, 0.3) is 0 Å². The number of nitrogens with zero attached hydrogens (tertiary/aromatic N) is 2. The largest absolute Gasteiger partial charge is 0.336 e. The van der Waals surface area contributed by atoms with Gasteiger partial charge in [-0.25, -0.2) is 0 Å². The maximum Gasteiger partial charge on any atom is 0.245 e. The number of likely N-dealkylation sites (tertiary alicyclic amines) is 1. The summed E-state index contributed by atoms with van der Waals surface area (Å²) in [5.41, 5.74) is 8.88. The van der Waals surface area contributed by atoms with Crippen LogP contribution in [0.3, 0.4) is 0 Å². The Balaban J connectivity index is 1.38. The summed E-state index contributed by atoms with van der Waals surface area (Å²) in [6, 6.07) is 7.55. The number of fused-ring (bicyclic) bond motifs is 1. The lowest BCUT2D eigenvalue weighted by Gasteiger charge is -2.34. The second-order valence-electron chi connectivity index (χ2n) is 8.81.